The maximum atomic E-state index is 5.53. The molecule has 0 aromatic heterocycles. The predicted molar refractivity (Wildman–Crippen MR) is 118 cm³/mol. The number of benzene rings is 2. The summed E-state index contributed by atoms with van der Waals surface area (Å²) in [5, 5.41) is 0. The molecule has 0 aliphatic heterocycles. The van der Waals surface area contributed by atoms with Gasteiger partial charge in [-0.2, -0.15) is 0 Å². The van der Waals surface area contributed by atoms with Gasteiger partial charge in [-0.1, -0.05) is 60.7 Å². The Bertz CT molecular complexity index is 583. The van der Waals surface area contributed by atoms with Gasteiger partial charge >= 0.3 is 8.80 Å². The molecule has 0 heterocycles. The van der Waals surface area contributed by atoms with E-state index in [1.165, 1.54) is 11.1 Å². The highest BCUT2D eigenvalue weighted by Gasteiger charge is 2.36. The van der Waals surface area contributed by atoms with Crippen molar-refractivity contribution in [3.8, 4) is 0 Å². The summed E-state index contributed by atoms with van der Waals surface area (Å²) in [7, 11) is 2.61. The normalized spacial score (nSPS) is 11.9. The van der Waals surface area contributed by atoms with E-state index in [0.29, 0.717) is 0 Å². The molecule has 2 rings (SSSR count). The minimum Gasteiger partial charge on any atom is -0.377 e. The van der Waals surface area contributed by atoms with Crippen molar-refractivity contribution in [1.29, 1.82) is 0 Å². The molecular formula is C23H35NO3Si. The maximum Gasteiger partial charge on any atom is 0.500 e. The summed E-state index contributed by atoms with van der Waals surface area (Å²) in [6, 6.07) is 22.3. The quantitative estimate of drug-likeness (QED) is 0.346. The molecule has 28 heavy (non-hydrogen) atoms. The van der Waals surface area contributed by atoms with Crippen LogP contribution in [0.25, 0.3) is 0 Å². The highest BCUT2D eigenvalue weighted by Crippen LogP contribution is 2.17. The highest BCUT2D eigenvalue weighted by molar-refractivity contribution is 6.60. The predicted octanol–water partition coefficient (Wildman–Crippen LogP) is 4.43. The zero-order valence-electron chi connectivity index (χ0n) is 17.6. The molecule has 0 saturated carbocycles. The van der Waals surface area contributed by atoms with Crippen LogP contribution in [0.2, 0.25) is 6.04 Å². The van der Waals surface area contributed by atoms with Gasteiger partial charge in [-0.3, -0.25) is 0 Å². The van der Waals surface area contributed by atoms with E-state index < -0.39 is 8.80 Å². The number of rotatable bonds is 14. The monoisotopic (exact) mass is 401 g/mol. The molecule has 0 atom stereocenters. The third-order valence-electron chi connectivity index (χ3n) is 5.26. The maximum absolute atomic E-state index is 5.53. The van der Waals surface area contributed by atoms with Crippen molar-refractivity contribution >= 4 is 8.80 Å². The molecule has 0 amide bonds. The molecule has 0 N–H and O–H groups in total. The van der Waals surface area contributed by atoms with Gasteiger partial charge in [-0.05, 0) is 43.4 Å². The Kier molecular flexibility index (Phi) is 10.5. The first kappa shape index (κ1) is 22.8. The molecule has 2 aromatic carbocycles. The third kappa shape index (κ3) is 7.85. The van der Waals surface area contributed by atoms with Gasteiger partial charge in [0.15, 0.2) is 0 Å². The zero-order valence-corrected chi connectivity index (χ0v) is 18.6. The van der Waals surface area contributed by atoms with Crippen LogP contribution >= 0.6 is 0 Å². The average Bonchev–Trinajstić information content (AvgIpc) is 2.77. The Morgan fingerprint density at radius 2 is 1.11 bits per heavy atom. The van der Waals surface area contributed by atoms with E-state index in [2.05, 4.69) is 65.6 Å². The van der Waals surface area contributed by atoms with Gasteiger partial charge < -0.3 is 18.2 Å². The molecule has 0 saturated heterocycles. The van der Waals surface area contributed by atoms with Gasteiger partial charge in [0.05, 0.1) is 0 Å². The van der Waals surface area contributed by atoms with Crippen molar-refractivity contribution in [2.45, 2.75) is 31.7 Å². The first-order chi connectivity index (χ1) is 13.7. The topological polar surface area (TPSA) is 30.9 Å². The van der Waals surface area contributed by atoms with Crippen LogP contribution < -0.4 is 0 Å². The molecule has 154 valence electrons. The lowest BCUT2D eigenvalue weighted by atomic mass is 10.1. The van der Waals surface area contributed by atoms with Crippen molar-refractivity contribution in [2.24, 2.45) is 0 Å². The summed E-state index contributed by atoms with van der Waals surface area (Å²) in [5.74, 6) is 0. The van der Waals surface area contributed by atoms with Gasteiger partial charge in [0, 0.05) is 40.5 Å². The summed E-state index contributed by atoms with van der Waals surface area (Å²) in [5.41, 5.74) is 2.80. The lowest BCUT2D eigenvalue weighted by Gasteiger charge is -2.26. The van der Waals surface area contributed by atoms with Crippen LogP contribution in [0.4, 0.5) is 0 Å². The summed E-state index contributed by atoms with van der Waals surface area (Å²) in [4.78, 5) is 2.58. The molecule has 5 heteroatoms. The van der Waals surface area contributed by atoms with Crippen molar-refractivity contribution in [2.75, 3.05) is 41.0 Å². The van der Waals surface area contributed by atoms with Crippen LogP contribution in [0.3, 0.4) is 0 Å². The van der Waals surface area contributed by atoms with E-state index in [4.69, 9.17) is 13.3 Å². The van der Waals surface area contributed by atoms with Crippen LogP contribution in [0.15, 0.2) is 60.7 Å². The van der Waals surface area contributed by atoms with E-state index >= 15 is 0 Å². The highest BCUT2D eigenvalue weighted by atomic mass is 28.4. The van der Waals surface area contributed by atoms with Gasteiger partial charge in [0.1, 0.15) is 0 Å². The Morgan fingerprint density at radius 3 is 1.54 bits per heavy atom. The Balaban J connectivity index is 1.84. The third-order valence-corrected chi connectivity index (χ3v) is 8.09. The summed E-state index contributed by atoms with van der Waals surface area (Å²) >= 11 is 0. The van der Waals surface area contributed by atoms with Gasteiger partial charge in [-0.15, -0.1) is 0 Å². The Labute approximate surface area is 171 Å². The average molecular weight is 402 g/mol. The van der Waals surface area contributed by atoms with E-state index in [0.717, 1.165) is 51.4 Å². The van der Waals surface area contributed by atoms with E-state index in [1.807, 2.05) is 0 Å². The lowest BCUT2D eigenvalue weighted by Crippen LogP contribution is -2.42. The number of unbranched alkanes of at least 4 members (excludes halogenated alkanes) is 1. The van der Waals surface area contributed by atoms with Crippen LogP contribution in [-0.4, -0.2) is 54.7 Å². The molecule has 0 bridgehead atoms. The number of nitrogens with zero attached hydrogens (tertiary/aromatic N) is 1. The van der Waals surface area contributed by atoms with Gasteiger partial charge in [0.2, 0.25) is 0 Å². The smallest absolute Gasteiger partial charge is 0.377 e. The first-order valence-corrected chi connectivity index (χ1v) is 12.1. The summed E-state index contributed by atoms with van der Waals surface area (Å²) in [6.07, 6.45) is 4.34. The lowest BCUT2D eigenvalue weighted by molar-refractivity contribution is 0.122. The fourth-order valence-electron chi connectivity index (χ4n) is 3.43. The first-order valence-electron chi connectivity index (χ1n) is 10.2. The molecule has 0 unspecified atom stereocenters. The minimum atomic E-state index is -2.45. The van der Waals surface area contributed by atoms with Gasteiger partial charge in [-0.25, -0.2) is 0 Å². The van der Waals surface area contributed by atoms with E-state index in [9.17, 15) is 0 Å². The second kappa shape index (κ2) is 12.9. The molecule has 0 aliphatic rings. The van der Waals surface area contributed by atoms with Crippen molar-refractivity contribution in [1.82, 2.24) is 4.90 Å². The fourth-order valence-corrected chi connectivity index (χ4v) is 5.23. The van der Waals surface area contributed by atoms with Crippen molar-refractivity contribution in [3.05, 3.63) is 71.8 Å². The standard InChI is InChI=1S/C23H35NO3Si/c1-25-28(26-2,27-3)21-11-10-18-24(19-16-22-12-6-4-7-13-22)20-17-23-14-8-5-9-15-23/h4-9,12-15H,10-11,16-21H2,1-3H3. The molecule has 0 aliphatic carbocycles. The molecule has 2 aromatic rings. The Hall–Kier alpha value is -1.50. The second-order valence-corrected chi connectivity index (χ2v) is 10.2. The summed E-state index contributed by atoms with van der Waals surface area (Å²) in [6.45, 7) is 3.25. The SMILES string of the molecule is CO[Si](CCCCN(CCc1ccccc1)CCc1ccccc1)(OC)OC. The minimum absolute atomic E-state index is 0.863. The molecule has 4 nitrogen and oxygen atoms in total. The van der Waals surface area contributed by atoms with Crippen LogP contribution in [0.5, 0.6) is 0 Å². The van der Waals surface area contributed by atoms with Crippen LogP contribution in [-0.2, 0) is 26.1 Å². The molecular weight excluding hydrogens is 366 g/mol. The molecule has 0 spiro atoms. The van der Waals surface area contributed by atoms with Crippen molar-refractivity contribution < 1.29 is 13.3 Å². The number of hydrogen-bond donors (Lipinski definition) is 0. The van der Waals surface area contributed by atoms with Crippen molar-refractivity contribution in [3.63, 3.8) is 0 Å². The molecule has 0 radical (unpaired) electrons. The second-order valence-electron chi connectivity index (χ2n) is 7.07. The van der Waals surface area contributed by atoms with E-state index in [-0.39, 0.29) is 0 Å². The van der Waals surface area contributed by atoms with Crippen LogP contribution in [0.1, 0.15) is 24.0 Å². The summed E-state index contributed by atoms with van der Waals surface area (Å²) < 4.78 is 16.6. The van der Waals surface area contributed by atoms with Gasteiger partial charge in [0.25, 0.3) is 0 Å². The largest absolute Gasteiger partial charge is 0.500 e. The van der Waals surface area contributed by atoms with Crippen LogP contribution in [0, 0.1) is 0 Å². The Morgan fingerprint density at radius 1 is 0.643 bits per heavy atom. The van der Waals surface area contributed by atoms with E-state index in [1.54, 1.807) is 21.3 Å². The zero-order chi connectivity index (χ0) is 20.1. The fraction of sp³-hybridized carbons (Fsp3) is 0.478. The number of hydrogen-bond acceptors (Lipinski definition) is 4. The molecule has 0 fully saturated rings.